The monoisotopic (exact) mass is 428 g/mol. The quantitative estimate of drug-likeness (QED) is 0.717. The van der Waals surface area contributed by atoms with Crippen LogP contribution in [0.5, 0.6) is 0 Å². The molecule has 162 valence electrons. The predicted molar refractivity (Wildman–Crippen MR) is 120 cm³/mol. The van der Waals surface area contributed by atoms with Gasteiger partial charge in [0, 0.05) is 12.6 Å². The minimum Gasteiger partial charge on any atom is -0.352 e. The smallest absolute Gasteiger partial charge is 0.244 e. The lowest BCUT2D eigenvalue weighted by atomic mass is 9.95. The zero-order valence-electron chi connectivity index (χ0n) is 18.1. The summed E-state index contributed by atoms with van der Waals surface area (Å²) < 4.78 is 28.6. The van der Waals surface area contributed by atoms with Crippen LogP contribution in [0.2, 0.25) is 0 Å². The van der Waals surface area contributed by atoms with Gasteiger partial charge in [-0.1, -0.05) is 67.3 Å². The van der Waals surface area contributed by atoms with Gasteiger partial charge in [-0.15, -0.1) is 0 Å². The number of carbonyl (C=O) groups excluding carboxylic acids is 1. The van der Waals surface area contributed by atoms with Crippen LogP contribution in [-0.4, -0.2) is 31.2 Å². The molecule has 3 rings (SSSR count). The summed E-state index contributed by atoms with van der Waals surface area (Å²) in [4.78, 5) is 13.1. The van der Waals surface area contributed by atoms with Crippen LogP contribution in [0, 0.1) is 20.8 Å². The molecule has 1 N–H and O–H groups in total. The molecule has 0 bridgehead atoms. The van der Waals surface area contributed by atoms with E-state index in [1.807, 2.05) is 63.2 Å². The van der Waals surface area contributed by atoms with E-state index in [1.165, 1.54) is 10.7 Å². The fraction of sp³-hybridized carbons (Fsp3) is 0.458. The molecule has 1 aliphatic carbocycles. The Morgan fingerprint density at radius 3 is 2.20 bits per heavy atom. The molecule has 1 fully saturated rings. The average molecular weight is 429 g/mol. The van der Waals surface area contributed by atoms with Crippen molar-refractivity contribution in [3.05, 3.63) is 64.7 Å². The lowest BCUT2D eigenvalue weighted by Crippen LogP contribution is -2.44. The number of aryl methyl sites for hydroxylation is 3. The van der Waals surface area contributed by atoms with Crippen LogP contribution < -0.4 is 5.32 Å². The molecule has 0 aliphatic heterocycles. The van der Waals surface area contributed by atoms with Crippen LogP contribution >= 0.6 is 0 Å². The number of benzene rings is 2. The maximum absolute atomic E-state index is 13.7. The molecule has 1 amide bonds. The summed E-state index contributed by atoms with van der Waals surface area (Å²) in [5.41, 5.74) is 3.29. The highest BCUT2D eigenvalue weighted by atomic mass is 32.2. The number of nitrogens with one attached hydrogen (secondary N) is 1. The van der Waals surface area contributed by atoms with Gasteiger partial charge in [-0.05, 0) is 50.3 Å². The van der Waals surface area contributed by atoms with E-state index in [0.717, 1.165) is 36.8 Å². The van der Waals surface area contributed by atoms with Gasteiger partial charge in [-0.25, -0.2) is 8.42 Å². The Balaban J connectivity index is 1.89. The summed E-state index contributed by atoms with van der Waals surface area (Å²) in [6.07, 6.45) is 5.35. The molecule has 0 radical (unpaired) electrons. The normalized spacial score (nSPS) is 15.3. The fourth-order valence-corrected chi connectivity index (χ4v) is 6.19. The second-order valence-electron chi connectivity index (χ2n) is 8.39. The number of sulfonamides is 1. The van der Waals surface area contributed by atoms with E-state index >= 15 is 0 Å². The molecule has 0 spiro atoms. The fourth-order valence-electron chi connectivity index (χ4n) is 4.40. The summed E-state index contributed by atoms with van der Waals surface area (Å²) in [5, 5.41) is 3.05. The number of carbonyl (C=O) groups is 1. The first-order valence-corrected chi connectivity index (χ1v) is 12.1. The summed E-state index contributed by atoms with van der Waals surface area (Å²) in [6.45, 7) is 5.57. The molecule has 1 aliphatic rings. The number of hydrogen-bond donors (Lipinski definition) is 1. The first-order chi connectivity index (χ1) is 14.3. The van der Waals surface area contributed by atoms with Gasteiger partial charge >= 0.3 is 0 Å². The van der Waals surface area contributed by atoms with E-state index in [0.29, 0.717) is 16.0 Å². The van der Waals surface area contributed by atoms with Crippen molar-refractivity contribution in [3.63, 3.8) is 0 Å². The maximum atomic E-state index is 13.7. The third-order valence-corrected chi connectivity index (χ3v) is 7.79. The largest absolute Gasteiger partial charge is 0.352 e. The van der Waals surface area contributed by atoms with Crippen LogP contribution in [0.3, 0.4) is 0 Å². The number of nitrogens with zero attached hydrogens (tertiary/aromatic N) is 1. The lowest BCUT2D eigenvalue weighted by Gasteiger charge is -2.27. The Morgan fingerprint density at radius 2 is 1.60 bits per heavy atom. The molecule has 0 saturated heterocycles. The third kappa shape index (κ3) is 5.49. The molecular formula is C24H32N2O3S. The average Bonchev–Trinajstić information content (AvgIpc) is 2.68. The molecule has 1 saturated carbocycles. The lowest BCUT2D eigenvalue weighted by molar-refractivity contribution is -0.122. The summed E-state index contributed by atoms with van der Waals surface area (Å²) >= 11 is 0. The second-order valence-corrected chi connectivity index (χ2v) is 10.3. The number of hydrogen-bond acceptors (Lipinski definition) is 3. The van der Waals surface area contributed by atoms with Gasteiger partial charge in [-0.2, -0.15) is 4.31 Å². The van der Waals surface area contributed by atoms with E-state index in [4.69, 9.17) is 0 Å². The Labute approximate surface area is 180 Å². The zero-order valence-corrected chi connectivity index (χ0v) is 19.0. The predicted octanol–water partition coefficient (Wildman–Crippen LogP) is 4.25. The minimum absolute atomic E-state index is 0.148. The number of rotatable bonds is 7. The first-order valence-electron chi connectivity index (χ1n) is 10.7. The zero-order chi connectivity index (χ0) is 21.7. The topological polar surface area (TPSA) is 66.5 Å². The van der Waals surface area contributed by atoms with Gasteiger partial charge < -0.3 is 5.32 Å². The van der Waals surface area contributed by atoms with Crippen LogP contribution in [0.4, 0.5) is 0 Å². The van der Waals surface area contributed by atoms with Gasteiger partial charge in [0.05, 0.1) is 11.4 Å². The van der Waals surface area contributed by atoms with Crippen LogP contribution in [0.15, 0.2) is 47.4 Å². The molecule has 2 aromatic rings. The molecule has 2 aromatic carbocycles. The highest BCUT2D eigenvalue weighted by molar-refractivity contribution is 7.89. The molecular weight excluding hydrogens is 396 g/mol. The second kappa shape index (κ2) is 9.75. The Bertz CT molecular complexity index is 958. The Kier molecular flexibility index (Phi) is 7.32. The van der Waals surface area contributed by atoms with Crippen molar-refractivity contribution in [3.8, 4) is 0 Å². The van der Waals surface area contributed by atoms with Gasteiger partial charge in [0.25, 0.3) is 0 Å². The number of amides is 1. The van der Waals surface area contributed by atoms with Crippen molar-refractivity contribution >= 4 is 15.9 Å². The maximum Gasteiger partial charge on any atom is 0.244 e. The highest BCUT2D eigenvalue weighted by Crippen LogP contribution is 2.26. The summed E-state index contributed by atoms with van der Waals surface area (Å²) in [6, 6.07) is 13.3. The Morgan fingerprint density at radius 1 is 1.00 bits per heavy atom. The van der Waals surface area contributed by atoms with Gasteiger partial charge in [0.1, 0.15) is 0 Å². The van der Waals surface area contributed by atoms with Crippen LogP contribution in [0.25, 0.3) is 0 Å². The molecule has 5 nitrogen and oxygen atoms in total. The van der Waals surface area contributed by atoms with E-state index in [1.54, 1.807) is 0 Å². The molecule has 0 atom stereocenters. The van der Waals surface area contributed by atoms with E-state index in [-0.39, 0.29) is 25.0 Å². The van der Waals surface area contributed by atoms with E-state index in [9.17, 15) is 13.2 Å². The van der Waals surface area contributed by atoms with Crippen molar-refractivity contribution in [1.29, 1.82) is 0 Å². The molecule has 0 aromatic heterocycles. The van der Waals surface area contributed by atoms with Crippen molar-refractivity contribution in [2.45, 2.75) is 70.4 Å². The van der Waals surface area contributed by atoms with Gasteiger partial charge in [0.2, 0.25) is 15.9 Å². The van der Waals surface area contributed by atoms with Gasteiger partial charge in [0.15, 0.2) is 0 Å². The van der Waals surface area contributed by atoms with Crippen molar-refractivity contribution in [1.82, 2.24) is 9.62 Å². The van der Waals surface area contributed by atoms with Crippen LogP contribution in [0.1, 0.15) is 54.4 Å². The summed E-state index contributed by atoms with van der Waals surface area (Å²) in [5.74, 6) is -0.233. The minimum atomic E-state index is -3.84. The third-order valence-electron chi connectivity index (χ3n) is 5.69. The van der Waals surface area contributed by atoms with Crippen molar-refractivity contribution in [2.75, 3.05) is 6.54 Å². The SMILES string of the molecule is Cc1cc(C)c(S(=O)(=O)N(CC(=O)NC2CCCCC2)Cc2ccccc2)c(C)c1. The Hall–Kier alpha value is -2.18. The molecule has 0 heterocycles. The van der Waals surface area contributed by atoms with Crippen molar-refractivity contribution < 1.29 is 13.2 Å². The standard InChI is InChI=1S/C24H32N2O3S/c1-18-14-19(2)24(20(3)15-18)30(28,29)26(16-21-10-6-4-7-11-21)17-23(27)25-22-12-8-5-9-13-22/h4,6-7,10-11,14-15,22H,5,8-9,12-13,16-17H2,1-3H3,(H,25,27). The molecule has 30 heavy (non-hydrogen) atoms. The van der Waals surface area contributed by atoms with Crippen LogP contribution in [-0.2, 0) is 21.4 Å². The first kappa shape index (κ1) is 22.5. The van der Waals surface area contributed by atoms with Gasteiger partial charge in [-0.3, -0.25) is 4.79 Å². The van der Waals surface area contributed by atoms with E-state index < -0.39 is 10.0 Å². The molecule has 6 heteroatoms. The van der Waals surface area contributed by atoms with Crippen molar-refractivity contribution in [2.24, 2.45) is 0 Å². The van der Waals surface area contributed by atoms with E-state index in [2.05, 4.69) is 5.32 Å². The molecule has 0 unspecified atom stereocenters. The highest BCUT2D eigenvalue weighted by Gasteiger charge is 2.30. The summed E-state index contributed by atoms with van der Waals surface area (Å²) in [7, 11) is -3.84.